The molecule has 0 saturated carbocycles. The third kappa shape index (κ3) is 1.86. The van der Waals surface area contributed by atoms with Gasteiger partial charge in [0.1, 0.15) is 11.2 Å². The van der Waals surface area contributed by atoms with Crippen LogP contribution < -0.4 is 5.69 Å². The number of nitrogens with one attached hydrogen (secondary N) is 1. The Morgan fingerprint density at radius 3 is 2.46 bits per heavy atom. The highest BCUT2D eigenvalue weighted by molar-refractivity contribution is 6.11. The molecule has 4 nitrogen and oxygen atoms in total. The summed E-state index contributed by atoms with van der Waals surface area (Å²) in [7, 11) is 0. The van der Waals surface area contributed by atoms with Crippen LogP contribution in [-0.4, -0.2) is 9.97 Å². The molecule has 24 heavy (non-hydrogen) atoms. The molecule has 0 spiro atoms. The molecule has 5 rings (SSSR count). The summed E-state index contributed by atoms with van der Waals surface area (Å²) in [6.07, 6.45) is 0. The molecule has 0 atom stereocenters. The highest BCUT2D eigenvalue weighted by Crippen LogP contribution is 2.33. The van der Waals surface area contributed by atoms with Crippen molar-refractivity contribution < 1.29 is 4.42 Å². The molecule has 4 heteroatoms. The fourth-order valence-electron chi connectivity index (χ4n) is 3.19. The number of fused-ring (bicyclic) bond motifs is 4. The number of rotatable bonds is 1. The lowest BCUT2D eigenvalue weighted by molar-refractivity contribution is 0.669. The van der Waals surface area contributed by atoms with Crippen molar-refractivity contribution in [3.05, 3.63) is 77.2 Å². The van der Waals surface area contributed by atoms with Gasteiger partial charge in [0.15, 0.2) is 0 Å². The summed E-state index contributed by atoms with van der Waals surface area (Å²) in [4.78, 5) is 19.0. The maximum atomic E-state index is 12.0. The van der Waals surface area contributed by atoms with Gasteiger partial charge in [-0.3, -0.25) is 0 Å². The van der Waals surface area contributed by atoms with E-state index in [1.807, 2.05) is 66.7 Å². The zero-order chi connectivity index (χ0) is 16.1. The fraction of sp³-hybridized carbons (Fsp3) is 0. The van der Waals surface area contributed by atoms with Crippen molar-refractivity contribution in [1.82, 2.24) is 9.97 Å². The first-order valence-corrected chi connectivity index (χ1v) is 7.70. The topological polar surface area (TPSA) is 58.9 Å². The Labute approximate surface area is 136 Å². The zero-order valence-electron chi connectivity index (χ0n) is 12.6. The van der Waals surface area contributed by atoms with Crippen LogP contribution in [0.3, 0.4) is 0 Å². The van der Waals surface area contributed by atoms with Gasteiger partial charge in [0.25, 0.3) is 0 Å². The van der Waals surface area contributed by atoms with E-state index >= 15 is 0 Å². The number of aromatic nitrogens is 2. The SMILES string of the molecule is O=c1nc(-c2ccccc2)c2cc3c(cc2[nH]1)oc1ccccc13. The standard InChI is InChI=1S/C20H12N2O2/c23-20-21-16-11-18-14(13-8-4-5-9-17(13)24-18)10-15(16)19(22-20)12-6-2-1-3-7-12/h1-11H,(H,21,22,23). The number of benzene rings is 3. The molecule has 0 amide bonds. The molecule has 0 aliphatic heterocycles. The summed E-state index contributed by atoms with van der Waals surface area (Å²) < 4.78 is 5.90. The van der Waals surface area contributed by atoms with Crippen LogP contribution in [0.25, 0.3) is 44.1 Å². The molecule has 1 N–H and O–H groups in total. The maximum absolute atomic E-state index is 12.0. The van der Waals surface area contributed by atoms with E-state index in [1.165, 1.54) is 0 Å². The van der Waals surface area contributed by atoms with Gasteiger partial charge in [0, 0.05) is 27.8 Å². The molecule has 2 heterocycles. The van der Waals surface area contributed by atoms with E-state index in [-0.39, 0.29) is 5.69 Å². The molecular formula is C20H12N2O2. The summed E-state index contributed by atoms with van der Waals surface area (Å²) in [6, 6.07) is 21.6. The Kier molecular flexibility index (Phi) is 2.61. The molecule has 2 aromatic heterocycles. The second-order valence-electron chi connectivity index (χ2n) is 5.75. The minimum absolute atomic E-state index is 0.364. The van der Waals surface area contributed by atoms with Crippen LogP contribution in [-0.2, 0) is 0 Å². The molecule has 5 aromatic rings. The van der Waals surface area contributed by atoms with Crippen LogP contribution in [0.15, 0.2) is 75.9 Å². The summed E-state index contributed by atoms with van der Waals surface area (Å²) in [5, 5.41) is 2.98. The first kappa shape index (κ1) is 13.1. The van der Waals surface area contributed by atoms with Crippen LogP contribution in [0, 0.1) is 0 Å². The average Bonchev–Trinajstić information content (AvgIpc) is 2.97. The Morgan fingerprint density at radius 2 is 1.58 bits per heavy atom. The molecule has 3 aromatic carbocycles. The monoisotopic (exact) mass is 312 g/mol. The summed E-state index contributed by atoms with van der Waals surface area (Å²) in [5.74, 6) is 0. The van der Waals surface area contributed by atoms with Gasteiger partial charge in [-0.1, -0.05) is 48.5 Å². The van der Waals surface area contributed by atoms with Gasteiger partial charge in [0.05, 0.1) is 11.2 Å². The highest BCUT2D eigenvalue weighted by atomic mass is 16.3. The van der Waals surface area contributed by atoms with Gasteiger partial charge < -0.3 is 9.40 Å². The fourth-order valence-corrected chi connectivity index (χ4v) is 3.19. The zero-order valence-corrected chi connectivity index (χ0v) is 12.6. The maximum Gasteiger partial charge on any atom is 0.345 e. The Morgan fingerprint density at radius 1 is 0.792 bits per heavy atom. The molecule has 0 unspecified atom stereocenters. The molecule has 0 aliphatic carbocycles. The lowest BCUT2D eigenvalue weighted by Crippen LogP contribution is -2.11. The Bertz CT molecular complexity index is 1270. The summed E-state index contributed by atoms with van der Waals surface area (Å²) in [6.45, 7) is 0. The predicted octanol–water partition coefficient (Wildman–Crippen LogP) is 4.49. The van der Waals surface area contributed by atoms with E-state index in [0.29, 0.717) is 5.69 Å². The van der Waals surface area contributed by atoms with Gasteiger partial charge in [-0.2, -0.15) is 4.98 Å². The van der Waals surface area contributed by atoms with Gasteiger partial charge in [-0.25, -0.2) is 4.79 Å². The lowest BCUT2D eigenvalue weighted by Gasteiger charge is -2.05. The van der Waals surface area contributed by atoms with Crippen molar-refractivity contribution >= 4 is 32.8 Å². The van der Waals surface area contributed by atoms with Crippen LogP contribution >= 0.6 is 0 Å². The molecule has 114 valence electrons. The highest BCUT2D eigenvalue weighted by Gasteiger charge is 2.12. The minimum atomic E-state index is -0.364. The summed E-state index contributed by atoms with van der Waals surface area (Å²) >= 11 is 0. The van der Waals surface area contributed by atoms with Crippen molar-refractivity contribution in [2.45, 2.75) is 0 Å². The van der Waals surface area contributed by atoms with Crippen molar-refractivity contribution in [3.8, 4) is 11.3 Å². The van der Waals surface area contributed by atoms with Crippen molar-refractivity contribution in [1.29, 1.82) is 0 Å². The number of nitrogens with zero attached hydrogens (tertiary/aromatic N) is 1. The Hall–Kier alpha value is -3.40. The van der Waals surface area contributed by atoms with Crippen LogP contribution in [0.1, 0.15) is 0 Å². The third-order valence-corrected chi connectivity index (χ3v) is 4.27. The molecule has 0 saturated heterocycles. The van der Waals surface area contributed by atoms with Gasteiger partial charge in [-0.05, 0) is 12.1 Å². The lowest BCUT2D eigenvalue weighted by atomic mass is 10.0. The van der Waals surface area contributed by atoms with Crippen molar-refractivity contribution in [2.75, 3.05) is 0 Å². The first-order chi connectivity index (χ1) is 11.8. The number of H-pyrrole nitrogens is 1. The van der Waals surface area contributed by atoms with Crippen LogP contribution in [0.4, 0.5) is 0 Å². The van der Waals surface area contributed by atoms with E-state index in [4.69, 9.17) is 4.42 Å². The molecule has 0 radical (unpaired) electrons. The van der Waals surface area contributed by atoms with E-state index in [1.54, 1.807) is 0 Å². The number of para-hydroxylation sites is 1. The normalized spacial score (nSPS) is 11.5. The molecule has 0 bridgehead atoms. The van der Waals surface area contributed by atoms with Gasteiger partial charge >= 0.3 is 5.69 Å². The van der Waals surface area contributed by atoms with E-state index in [0.717, 1.165) is 38.4 Å². The molecule has 0 fully saturated rings. The Balaban J connectivity index is 1.96. The number of furan rings is 1. The van der Waals surface area contributed by atoms with Crippen LogP contribution in [0.5, 0.6) is 0 Å². The van der Waals surface area contributed by atoms with E-state index in [9.17, 15) is 4.79 Å². The average molecular weight is 312 g/mol. The largest absolute Gasteiger partial charge is 0.456 e. The molecule has 0 aliphatic rings. The van der Waals surface area contributed by atoms with Gasteiger partial charge in [0.2, 0.25) is 0 Å². The van der Waals surface area contributed by atoms with Gasteiger partial charge in [-0.15, -0.1) is 0 Å². The van der Waals surface area contributed by atoms with E-state index in [2.05, 4.69) is 9.97 Å². The van der Waals surface area contributed by atoms with Crippen molar-refractivity contribution in [3.63, 3.8) is 0 Å². The molecular weight excluding hydrogens is 300 g/mol. The number of aromatic amines is 1. The smallest absolute Gasteiger partial charge is 0.345 e. The van der Waals surface area contributed by atoms with E-state index < -0.39 is 0 Å². The first-order valence-electron chi connectivity index (χ1n) is 7.70. The minimum Gasteiger partial charge on any atom is -0.456 e. The predicted molar refractivity (Wildman–Crippen MR) is 95.1 cm³/mol. The second kappa shape index (κ2) is 4.80. The quantitative estimate of drug-likeness (QED) is 0.496. The van der Waals surface area contributed by atoms with Crippen LogP contribution in [0.2, 0.25) is 0 Å². The van der Waals surface area contributed by atoms with Crippen molar-refractivity contribution in [2.24, 2.45) is 0 Å². The third-order valence-electron chi connectivity index (χ3n) is 4.27. The second-order valence-corrected chi connectivity index (χ2v) is 5.75. The number of hydrogen-bond donors (Lipinski definition) is 1. The number of hydrogen-bond acceptors (Lipinski definition) is 3. The summed E-state index contributed by atoms with van der Waals surface area (Å²) in [5.41, 5.74) is 3.54.